The van der Waals surface area contributed by atoms with E-state index in [0.717, 1.165) is 18.7 Å². The standard InChI is InChI=1S/C14H17NO2S/c1-2-15(10-11-5-6-11)14(17)13-12(4-3-8-16)7-9-18-13/h7,9,11,16H,2,5-6,8,10H2,1H3. The van der Waals surface area contributed by atoms with Crippen molar-refractivity contribution in [2.75, 3.05) is 19.7 Å². The second-order valence-corrected chi connectivity index (χ2v) is 5.33. The third-order valence-electron chi connectivity index (χ3n) is 3.01. The lowest BCUT2D eigenvalue weighted by atomic mass is 10.2. The van der Waals surface area contributed by atoms with Crippen molar-refractivity contribution in [2.45, 2.75) is 19.8 Å². The number of aliphatic hydroxyl groups is 1. The van der Waals surface area contributed by atoms with Crippen molar-refractivity contribution in [3.05, 3.63) is 21.9 Å². The van der Waals surface area contributed by atoms with Crippen LogP contribution in [0.2, 0.25) is 0 Å². The van der Waals surface area contributed by atoms with E-state index in [0.29, 0.717) is 10.8 Å². The van der Waals surface area contributed by atoms with Gasteiger partial charge in [-0.1, -0.05) is 11.8 Å². The third kappa shape index (κ3) is 3.12. The van der Waals surface area contributed by atoms with Crippen LogP contribution in [0.1, 0.15) is 35.0 Å². The SMILES string of the molecule is CCN(CC1CC1)C(=O)c1sccc1C#CCO. The minimum Gasteiger partial charge on any atom is -0.384 e. The van der Waals surface area contributed by atoms with Crippen LogP contribution in [0, 0.1) is 17.8 Å². The molecule has 0 aromatic carbocycles. The lowest BCUT2D eigenvalue weighted by Gasteiger charge is -2.20. The Kier molecular flexibility index (Phi) is 4.40. The fourth-order valence-electron chi connectivity index (χ4n) is 1.82. The zero-order valence-electron chi connectivity index (χ0n) is 10.5. The Balaban J connectivity index is 2.13. The normalized spacial score (nSPS) is 13.9. The molecule has 1 N–H and O–H groups in total. The molecule has 1 aliphatic rings. The highest BCUT2D eigenvalue weighted by Gasteiger charge is 2.27. The van der Waals surface area contributed by atoms with Crippen molar-refractivity contribution in [3.8, 4) is 11.8 Å². The summed E-state index contributed by atoms with van der Waals surface area (Å²) >= 11 is 1.42. The number of carbonyl (C=O) groups excluding carboxylic acids is 1. The number of carbonyl (C=O) groups is 1. The van der Waals surface area contributed by atoms with Gasteiger partial charge in [0, 0.05) is 18.7 Å². The number of aliphatic hydroxyl groups excluding tert-OH is 1. The monoisotopic (exact) mass is 263 g/mol. The molecule has 0 saturated heterocycles. The van der Waals surface area contributed by atoms with Gasteiger partial charge in [0.1, 0.15) is 11.5 Å². The zero-order chi connectivity index (χ0) is 13.0. The van der Waals surface area contributed by atoms with E-state index < -0.39 is 0 Å². The molecule has 2 rings (SSSR count). The molecule has 0 atom stereocenters. The van der Waals surface area contributed by atoms with Gasteiger partial charge in [-0.15, -0.1) is 11.3 Å². The number of rotatable bonds is 4. The quantitative estimate of drug-likeness (QED) is 0.844. The fourth-order valence-corrected chi connectivity index (χ4v) is 2.64. The van der Waals surface area contributed by atoms with E-state index in [9.17, 15) is 4.79 Å². The van der Waals surface area contributed by atoms with E-state index in [2.05, 4.69) is 11.8 Å². The van der Waals surface area contributed by atoms with Crippen LogP contribution < -0.4 is 0 Å². The average molecular weight is 263 g/mol. The second-order valence-electron chi connectivity index (χ2n) is 4.41. The first kappa shape index (κ1) is 13.1. The summed E-state index contributed by atoms with van der Waals surface area (Å²) in [7, 11) is 0. The molecule has 1 saturated carbocycles. The van der Waals surface area contributed by atoms with Crippen LogP contribution in [-0.2, 0) is 0 Å². The Morgan fingerprint density at radius 2 is 2.39 bits per heavy atom. The molecule has 0 spiro atoms. The first-order valence-electron chi connectivity index (χ1n) is 6.22. The molecule has 0 aliphatic heterocycles. The van der Waals surface area contributed by atoms with Gasteiger partial charge in [-0.3, -0.25) is 4.79 Å². The summed E-state index contributed by atoms with van der Waals surface area (Å²) in [5.74, 6) is 6.20. The summed E-state index contributed by atoms with van der Waals surface area (Å²) in [6.45, 7) is 3.43. The Bertz CT molecular complexity index is 479. The van der Waals surface area contributed by atoms with Gasteiger partial charge in [-0.05, 0) is 37.1 Å². The van der Waals surface area contributed by atoms with Crippen LogP contribution in [0.4, 0.5) is 0 Å². The minimum atomic E-state index is -0.178. The van der Waals surface area contributed by atoms with Crippen molar-refractivity contribution >= 4 is 17.2 Å². The lowest BCUT2D eigenvalue weighted by molar-refractivity contribution is 0.0761. The molecule has 3 nitrogen and oxygen atoms in total. The van der Waals surface area contributed by atoms with Gasteiger partial charge in [0.25, 0.3) is 5.91 Å². The van der Waals surface area contributed by atoms with Crippen LogP contribution in [0.5, 0.6) is 0 Å². The van der Waals surface area contributed by atoms with Gasteiger partial charge < -0.3 is 10.0 Å². The lowest BCUT2D eigenvalue weighted by Crippen LogP contribution is -2.32. The van der Waals surface area contributed by atoms with Gasteiger partial charge in [-0.2, -0.15) is 0 Å². The highest BCUT2D eigenvalue weighted by Crippen LogP contribution is 2.30. The molecule has 0 bridgehead atoms. The molecule has 1 aliphatic carbocycles. The first-order valence-corrected chi connectivity index (χ1v) is 7.10. The number of thiophene rings is 1. The maximum absolute atomic E-state index is 12.4. The van der Waals surface area contributed by atoms with Crippen molar-refractivity contribution in [1.29, 1.82) is 0 Å². The molecule has 4 heteroatoms. The van der Waals surface area contributed by atoms with Crippen LogP contribution in [0.25, 0.3) is 0 Å². The number of hydrogen-bond acceptors (Lipinski definition) is 3. The number of nitrogens with zero attached hydrogens (tertiary/aromatic N) is 1. The molecule has 18 heavy (non-hydrogen) atoms. The molecule has 1 amide bonds. The Hall–Kier alpha value is -1.31. The van der Waals surface area contributed by atoms with Gasteiger partial charge in [0.2, 0.25) is 0 Å². The Labute approximate surface area is 111 Å². The van der Waals surface area contributed by atoms with Gasteiger partial charge in [0.05, 0.1) is 0 Å². The summed E-state index contributed by atoms with van der Waals surface area (Å²) in [6.07, 6.45) is 2.48. The number of hydrogen-bond donors (Lipinski definition) is 1. The summed E-state index contributed by atoms with van der Waals surface area (Å²) in [5.41, 5.74) is 0.730. The molecule has 1 aromatic rings. The topological polar surface area (TPSA) is 40.5 Å². The molecule has 1 fully saturated rings. The largest absolute Gasteiger partial charge is 0.384 e. The fraction of sp³-hybridized carbons (Fsp3) is 0.500. The van der Waals surface area contributed by atoms with E-state index >= 15 is 0 Å². The maximum atomic E-state index is 12.4. The minimum absolute atomic E-state index is 0.0710. The van der Waals surface area contributed by atoms with E-state index in [1.807, 2.05) is 23.3 Å². The molecule has 1 aromatic heterocycles. The van der Waals surface area contributed by atoms with Crippen LogP contribution in [0.3, 0.4) is 0 Å². The van der Waals surface area contributed by atoms with Gasteiger partial charge in [0.15, 0.2) is 0 Å². The smallest absolute Gasteiger partial charge is 0.265 e. The summed E-state index contributed by atoms with van der Waals surface area (Å²) in [4.78, 5) is 15.0. The van der Waals surface area contributed by atoms with Crippen LogP contribution >= 0.6 is 11.3 Å². The first-order chi connectivity index (χ1) is 8.76. The highest BCUT2D eigenvalue weighted by molar-refractivity contribution is 7.12. The van der Waals surface area contributed by atoms with E-state index in [1.54, 1.807) is 0 Å². The van der Waals surface area contributed by atoms with E-state index in [1.165, 1.54) is 24.2 Å². The predicted molar refractivity (Wildman–Crippen MR) is 72.6 cm³/mol. The summed E-state index contributed by atoms with van der Waals surface area (Å²) < 4.78 is 0. The third-order valence-corrected chi connectivity index (χ3v) is 3.91. The van der Waals surface area contributed by atoms with Gasteiger partial charge in [-0.25, -0.2) is 0 Å². The predicted octanol–water partition coefficient (Wildman–Crippen LogP) is 1.96. The highest BCUT2D eigenvalue weighted by atomic mass is 32.1. The molecule has 1 heterocycles. The van der Waals surface area contributed by atoms with E-state index in [-0.39, 0.29) is 12.5 Å². The summed E-state index contributed by atoms with van der Waals surface area (Å²) in [6, 6.07) is 1.84. The molecule has 96 valence electrons. The van der Waals surface area contributed by atoms with Crippen molar-refractivity contribution in [3.63, 3.8) is 0 Å². The van der Waals surface area contributed by atoms with Gasteiger partial charge >= 0.3 is 0 Å². The summed E-state index contributed by atoms with van der Waals surface area (Å²) in [5, 5.41) is 10.6. The van der Waals surface area contributed by atoms with Crippen LogP contribution in [-0.4, -0.2) is 35.6 Å². The van der Waals surface area contributed by atoms with Crippen molar-refractivity contribution < 1.29 is 9.90 Å². The molecule has 0 radical (unpaired) electrons. The van der Waals surface area contributed by atoms with E-state index in [4.69, 9.17) is 5.11 Å². The van der Waals surface area contributed by atoms with Crippen LogP contribution in [0.15, 0.2) is 11.4 Å². The molecular weight excluding hydrogens is 246 g/mol. The van der Waals surface area contributed by atoms with Crippen molar-refractivity contribution in [2.24, 2.45) is 5.92 Å². The average Bonchev–Trinajstić information content (AvgIpc) is 3.08. The van der Waals surface area contributed by atoms with Crippen molar-refractivity contribution in [1.82, 2.24) is 4.90 Å². The Morgan fingerprint density at radius 3 is 3.00 bits per heavy atom. The number of amides is 1. The Morgan fingerprint density at radius 1 is 1.61 bits per heavy atom. The molecule has 0 unspecified atom stereocenters. The second kappa shape index (κ2) is 6.03. The molecular formula is C14H17NO2S. The maximum Gasteiger partial charge on any atom is 0.265 e. The zero-order valence-corrected chi connectivity index (χ0v) is 11.3.